The van der Waals surface area contributed by atoms with Crippen LogP contribution in [0.2, 0.25) is 0 Å². The number of carbonyl (C=O) groups excluding carboxylic acids is 1. The first-order chi connectivity index (χ1) is 18.6. The third-order valence-electron chi connectivity index (χ3n) is 6.67. The summed E-state index contributed by atoms with van der Waals surface area (Å²) in [5.74, 6) is 0.230. The van der Waals surface area contributed by atoms with Gasteiger partial charge in [0.05, 0.1) is 22.9 Å². The van der Waals surface area contributed by atoms with Crippen LogP contribution in [-0.2, 0) is 4.79 Å². The van der Waals surface area contributed by atoms with Gasteiger partial charge in [0.1, 0.15) is 5.69 Å². The van der Waals surface area contributed by atoms with Gasteiger partial charge in [-0.25, -0.2) is 0 Å². The summed E-state index contributed by atoms with van der Waals surface area (Å²) in [5, 5.41) is 15.9. The number of amides is 1. The van der Waals surface area contributed by atoms with Gasteiger partial charge >= 0.3 is 0 Å². The van der Waals surface area contributed by atoms with E-state index in [1.807, 2.05) is 62.1 Å². The smallest absolute Gasteiger partial charge is 0.227 e. The van der Waals surface area contributed by atoms with Gasteiger partial charge in [0.2, 0.25) is 5.91 Å². The predicted octanol–water partition coefficient (Wildman–Crippen LogP) is 5.67. The summed E-state index contributed by atoms with van der Waals surface area (Å²) < 4.78 is 0. The molecule has 1 aromatic carbocycles. The van der Waals surface area contributed by atoms with Crippen molar-refractivity contribution in [1.29, 1.82) is 0 Å². The summed E-state index contributed by atoms with van der Waals surface area (Å²) in [5.41, 5.74) is 8.24. The molecule has 0 spiro atoms. The van der Waals surface area contributed by atoms with Crippen molar-refractivity contribution in [2.45, 2.75) is 19.8 Å². The average Bonchev–Trinajstić information content (AvgIpc) is 3.57. The summed E-state index contributed by atoms with van der Waals surface area (Å²) in [7, 11) is 0. The fourth-order valence-electron chi connectivity index (χ4n) is 4.60. The predicted molar refractivity (Wildman–Crippen MR) is 150 cm³/mol. The fourth-order valence-corrected chi connectivity index (χ4v) is 4.60. The molecule has 0 aliphatic heterocycles. The average molecular weight is 502 g/mol. The largest absolute Gasteiger partial charge is 0.368 e. The minimum atomic E-state index is 0.0845. The van der Waals surface area contributed by atoms with E-state index in [0.29, 0.717) is 0 Å². The Hall–Kier alpha value is -4.98. The molecule has 38 heavy (non-hydrogen) atoms. The van der Waals surface area contributed by atoms with Crippen LogP contribution in [0.5, 0.6) is 0 Å². The highest BCUT2D eigenvalue weighted by Gasteiger charge is 2.29. The maximum absolute atomic E-state index is 12.3. The molecule has 0 bridgehead atoms. The van der Waals surface area contributed by atoms with Crippen LogP contribution in [-0.4, -0.2) is 31.1 Å². The summed E-state index contributed by atoms with van der Waals surface area (Å²) in [6, 6.07) is 12.2. The number of H-pyrrole nitrogens is 2. The summed E-state index contributed by atoms with van der Waals surface area (Å²) in [6.07, 6.45) is 14.7. The van der Waals surface area contributed by atoms with Gasteiger partial charge in [0, 0.05) is 58.3 Å². The van der Waals surface area contributed by atoms with E-state index in [9.17, 15) is 4.79 Å². The minimum absolute atomic E-state index is 0.0845. The maximum Gasteiger partial charge on any atom is 0.227 e. The molecule has 8 nitrogen and oxygen atoms in total. The fraction of sp³-hybridized carbons (Fsp3) is 0.133. The van der Waals surface area contributed by atoms with Crippen LogP contribution in [0.25, 0.3) is 49.9 Å². The van der Waals surface area contributed by atoms with Gasteiger partial charge in [-0.3, -0.25) is 19.9 Å². The van der Waals surface area contributed by atoms with Gasteiger partial charge in [-0.15, -0.1) is 0 Å². The van der Waals surface area contributed by atoms with Gasteiger partial charge < -0.3 is 15.6 Å². The van der Waals surface area contributed by atoms with E-state index in [1.54, 1.807) is 12.4 Å². The number of rotatable bonds is 8. The second-order valence-electron chi connectivity index (χ2n) is 9.47. The molecule has 4 aromatic heterocycles. The van der Waals surface area contributed by atoms with Crippen molar-refractivity contribution in [2.75, 3.05) is 0 Å². The van der Waals surface area contributed by atoms with E-state index in [1.165, 1.54) is 0 Å². The van der Waals surface area contributed by atoms with Crippen LogP contribution in [0.1, 0.15) is 25.3 Å². The highest BCUT2D eigenvalue weighted by atomic mass is 16.2. The molecule has 1 saturated carbocycles. The van der Waals surface area contributed by atoms with Crippen LogP contribution < -0.4 is 10.6 Å². The van der Waals surface area contributed by atoms with Gasteiger partial charge in [-0.2, -0.15) is 5.10 Å². The van der Waals surface area contributed by atoms with E-state index >= 15 is 0 Å². The second-order valence-corrected chi connectivity index (χ2v) is 9.47. The van der Waals surface area contributed by atoms with Crippen LogP contribution in [0, 0.1) is 5.92 Å². The highest BCUT2D eigenvalue weighted by molar-refractivity contribution is 6.01. The molecular formula is C30H27N7O. The number of aromatic amines is 2. The molecule has 188 valence electrons. The molecule has 1 fully saturated rings. The highest BCUT2D eigenvalue weighted by Crippen LogP contribution is 2.34. The summed E-state index contributed by atoms with van der Waals surface area (Å²) >= 11 is 0. The minimum Gasteiger partial charge on any atom is -0.368 e. The van der Waals surface area contributed by atoms with Crippen LogP contribution >= 0.6 is 0 Å². The van der Waals surface area contributed by atoms with Crippen LogP contribution in [0.15, 0.2) is 91.9 Å². The Labute approximate surface area is 219 Å². The third-order valence-corrected chi connectivity index (χ3v) is 6.67. The molecule has 8 heteroatoms. The molecule has 0 unspecified atom stereocenters. The standard InChI is InChI=1S/C30H27N7O/c1-3-31-15-22(11-18(2)34-30(38)19-6-7-19)20-8-9-26-24(12-20)29(37-36-26)27-13-23-25(16-33-17-28(23)35-27)21-5-4-10-32-14-21/h3-5,8-17,19,31,35H,1,6-7H2,2H3,(H,34,38)(H,36,37)/b18-11+,22-15+. The van der Waals surface area contributed by atoms with Crippen molar-refractivity contribution in [3.05, 3.63) is 97.5 Å². The monoisotopic (exact) mass is 501 g/mol. The molecule has 0 saturated heterocycles. The maximum atomic E-state index is 12.3. The number of hydrogen-bond donors (Lipinski definition) is 4. The van der Waals surface area contributed by atoms with Crippen molar-refractivity contribution in [2.24, 2.45) is 5.92 Å². The zero-order valence-electron chi connectivity index (χ0n) is 21.0. The zero-order chi connectivity index (χ0) is 26.1. The number of carbonyl (C=O) groups is 1. The SMILES string of the molecule is C=CN/C=C(\C=C(/C)NC(=O)C1CC1)c1ccc2[nH]nc(-c3cc4c(-c5cccnc5)cncc4[nH]3)c2c1. The number of nitrogens with one attached hydrogen (secondary N) is 4. The van der Waals surface area contributed by atoms with Crippen LogP contribution in [0.3, 0.4) is 0 Å². The molecule has 1 aliphatic rings. The summed E-state index contributed by atoms with van der Waals surface area (Å²) in [6.45, 7) is 5.66. The molecule has 4 N–H and O–H groups in total. The lowest BCUT2D eigenvalue weighted by Crippen LogP contribution is -2.22. The zero-order valence-corrected chi connectivity index (χ0v) is 21.0. The lowest BCUT2D eigenvalue weighted by atomic mass is 10.0. The van der Waals surface area contributed by atoms with Crippen molar-refractivity contribution >= 4 is 33.3 Å². The molecule has 0 radical (unpaired) electrons. The molecule has 0 atom stereocenters. The Morgan fingerprint density at radius 3 is 2.76 bits per heavy atom. The summed E-state index contributed by atoms with van der Waals surface area (Å²) in [4.78, 5) is 24.4. The Balaban J connectivity index is 1.40. The molecule has 1 amide bonds. The molecule has 5 aromatic rings. The molecule has 4 heterocycles. The van der Waals surface area contributed by atoms with Crippen molar-refractivity contribution < 1.29 is 4.79 Å². The molecule has 1 aliphatic carbocycles. The van der Waals surface area contributed by atoms with Crippen molar-refractivity contribution in [1.82, 2.24) is 35.8 Å². The lowest BCUT2D eigenvalue weighted by Gasteiger charge is -2.08. The number of pyridine rings is 2. The first-order valence-electron chi connectivity index (χ1n) is 12.5. The normalized spacial score (nSPS) is 14.1. The van der Waals surface area contributed by atoms with Crippen molar-refractivity contribution in [3.63, 3.8) is 0 Å². The number of hydrogen-bond acceptors (Lipinski definition) is 5. The first kappa shape index (κ1) is 23.4. The number of allylic oxidation sites excluding steroid dienone is 3. The number of nitrogens with zero attached hydrogens (tertiary/aromatic N) is 3. The Morgan fingerprint density at radius 2 is 1.97 bits per heavy atom. The van der Waals surface area contributed by atoms with E-state index in [2.05, 4.69) is 54.5 Å². The Morgan fingerprint density at radius 1 is 1.08 bits per heavy atom. The van der Waals surface area contributed by atoms with Crippen LogP contribution in [0.4, 0.5) is 0 Å². The van der Waals surface area contributed by atoms with Gasteiger partial charge in [0.25, 0.3) is 0 Å². The lowest BCUT2D eigenvalue weighted by molar-refractivity contribution is -0.121. The quantitative estimate of drug-likeness (QED) is 0.205. The topological polar surface area (TPSA) is 111 Å². The van der Waals surface area contributed by atoms with E-state index < -0.39 is 0 Å². The van der Waals surface area contributed by atoms with E-state index in [0.717, 1.165) is 74.0 Å². The molecule has 6 rings (SSSR count). The number of aromatic nitrogens is 5. The number of fused-ring (bicyclic) bond motifs is 2. The van der Waals surface area contributed by atoms with Gasteiger partial charge in [-0.1, -0.05) is 18.7 Å². The Bertz CT molecular complexity index is 1720. The van der Waals surface area contributed by atoms with Gasteiger partial charge in [0.15, 0.2) is 0 Å². The van der Waals surface area contributed by atoms with Crippen molar-refractivity contribution in [3.8, 4) is 22.5 Å². The third kappa shape index (κ3) is 4.59. The number of benzene rings is 1. The van der Waals surface area contributed by atoms with Gasteiger partial charge in [-0.05, 0) is 67.4 Å². The van der Waals surface area contributed by atoms with E-state index in [-0.39, 0.29) is 11.8 Å². The molecular weight excluding hydrogens is 474 g/mol. The van der Waals surface area contributed by atoms with E-state index in [4.69, 9.17) is 0 Å². The Kier molecular flexibility index (Phi) is 6.05. The second kappa shape index (κ2) is 9.82. The first-order valence-corrected chi connectivity index (χ1v) is 12.5.